The van der Waals surface area contributed by atoms with Crippen LogP contribution in [0, 0.1) is 5.41 Å². The summed E-state index contributed by atoms with van der Waals surface area (Å²) < 4.78 is 5.49. The summed E-state index contributed by atoms with van der Waals surface area (Å²) in [4.78, 5) is 2.49. The Labute approximate surface area is 140 Å². The van der Waals surface area contributed by atoms with E-state index in [-0.39, 0.29) is 0 Å². The van der Waals surface area contributed by atoms with E-state index in [1.165, 1.54) is 83.6 Å². The number of hydrogen-bond acceptors (Lipinski definition) is 2. The molecule has 0 N–H and O–H groups in total. The maximum Gasteiger partial charge on any atom is 0.0991 e. The minimum atomic E-state index is 0.558. The summed E-state index contributed by atoms with van der Waals surface area (Å²) >= 11 is 0. The Morgan fingerprint density at radius 3 is 1.95 bits per heavy atom. The SMILES string of the molecule is CCCCCCCC(C)(CCCCCC)CCN1CCOC1. The van der Waals surface area contributed by atoms with Gasteiger partial charge in [0.15, 0.2) is 0 Å². The second-order valence-corrected chi connectivity index (χ2v) is 7.69. The molecule has 1 unspecified atom stereocenters. The molecule has 0 aromatic rings. The van der Waals surface area contributed by atoms with Crippen LogP contribution in [0.1, 0.15) is 97.8 Å². The van der Waals surface area contributed by atoms with Crippen LogP contribution in [0.15, 0.2) is 0 Å². The molecule has 22 heavy (non-hydrogen) atoms. The molecule has 0 aliphatic carbocycles. The highest BCUT2D eigenvalue weighted by atomic mass is 16.5. The summed E-state index contributed by atoms with van der Waals surface area (Å²) in [6.45, 7) is 11.3. The molecular weight excluding hydrogens is 270 g/mol. The first-order chi connectivity index (χ1) is 10.7. The van der Waals surface area contributed by atoms with E-state index < -0.39 is 0 Å². The predicted molar refractivity (Wildman–Crippen MR) is 97.3 cm³/mol. The summed E-state index contributed by atoms with van der Waals surface area (Å²) in [5.41, 5.74) is 0.558. The van der Waals surface area contributed by atoms with Crippen LogP contribution in [0.2, 0.25) is 0 Å². The van der Waals surface area contributed by atoms with Gasteiger partial charge in [-0.05, 0) is 24.7 Å². The molecule has 0 bridgehead atoms. The highest BCUT2D eigenvalue weighted by molar-refractivity contribution is 4.77. The van der Waals surface area contributed by atoms with Crippen molar-refractivity contribution in [1.82, 2.24) is 4.90 Å². The van der Waals surface area contributed by atoms with Crippen LogP contribution >= 0.6 is 0 Å². The Balaban J connectivity index is 2.29. The average molecular weight is 312 g/mol. The second kappa shape index (κ2) is 12.4. The van der Waals surface area contributed by atoms with E-state index in [0.29, 0.717) is 5.41 Å². The fourth-order valence-corrected chi connectivity index (χ4v) is 3.57. The number of ether oxygens (including phenoxy) is 1. The van der Waals surface area contributed by atoms with E-state index >= 15 is 0 Å². The molecule has 0 amide bonds. The molecule has 0 spiro atoms. The molecule has 1 saturated heterocycles. The van der Waals surface area contributed by atoms with E-state index in [1.807, 2.05) is 0 Å². The molecule has 2 heteroatoms. The number of rotatable bonds is 14. The summed E-state index contributed by atoms with van der Waals surface area (Å²) in [5, 5.41) is 0. The number of unbranched alkanes of at least 4 members (excludes halogenated alkanes) is 7. The lowest BCUT2D eigenvalue weighted by Gasteiger charge is -2.31. The van der Waals surface area contributed by atoms with Crippen molar-refractivity contribution >= 4 is 0 Å². The molecule has 1 fully saturated rings. The second-order valence-electron chi connectivity index (χ2n) is 7.69. The van der Waals surface area contributed by atoms with Crippen molar-refractivity contribution in [3.63, 3.8) is 0 Å². The van der Waals surface area contributed by atoms with Crippen LogP contribution in [-0.2, 0) is 4.74 Å². The summed E-state index contributed by atoms with van der Waals surface area (Å²) in [6, 6.07) is 0. The minimum absolute atomic E-state index is 0.558. The number of hydrogen-bond donors (Lipinski definition) is 0. The fourth-order valence-electron chi connectivity index (χ4n) is 3.57. The Bertz CT molecular complexity index is 250. The molecule has 0 radical (unpaired) electrons. The molecule has 0 saturated carbocycles. The molecule has 1 atom stereocenters. The maximum absolute atomic E-state index is 5.49. The average Bonchev–Trinajstić information content (AvgIpc) is 3.03. The lowest BCUT2D eigenvalue weighted by atomic mass is 9.77. The topological polar surface area (TPSA) is 12.5 Å². The van der Waals surface area contributed by atoms with E-state index in [4.69, 9.17) is 4.74 Å². The molecule has 0 aromatic heterocycles. The first-order valence-electron chi connectivity index (χ1n) is 10.0. The third kappa shape index (κ3) is 9.15. The monoisotopic (exact) mass is 311 g/mol. The van der Waals surface area contributed by atoms with Gasteiger partial charge < -0.3 is 4.74 Å². The van der Waals surface area contributed by atoms with Crippen LogP contribution in [0.3, 0.4) is 0 Å². The molecule has 0 aromatic carbocycles. The van der Waals surface area contributed by atoms with Gasteiger partial charge in [-0.3, -0.25) is 4.90 Å². The van der Waals surface area contributed by atoms with Crippen molar-refractivity contribution in [3.05, 3.63) is 0 Å². The molecule has 1 aliphatic heterocycles. The molecule has 1 aliphatic rings. The van der Waals surface area contributed by atoms with Gasteiger partial charge in [0.1, 0.15) is 0 Å². The first-order valence-corrected chi connectivity index (χ1v) is 10.0. The van der Waals surface area contributed by atoms with Crippen LogP contribution in [0.5, 0.6) is 0 Å². The van der Waals surface area contributed by atoms with Crippen LogP contribution in [0.4, 0.5) is 0 Å². The van der Waals surface area contributed by atoms with Crippen molar-refractivity contribution in [2.45, 2.75) is 97.8 Å². The summed E-state index contributed by atoms with van der Waals surface area (Å²) in [5.74, 6) is 0. The van der Waals surface area contributed by atoms with Crippen molar-refractivity contribution < 1.29 is 4.74 Å². The van der Waals surface area contributed by atoms with Crippen molar-refractivity contribution in [1.29, 1.82) is 0 Å². The first kappa shape index (κ1) is 20.0. The third-order valence-electron chi connectivity index (χ3n) is 5.38. The van der Waals surface area contributed by atoms with Crippen LogP contribution in [0.25, 0.3) is 0 Å². The zero-order valence-corrected chi connectivity index (χ0v) is 15.7. The molecule has 2 nitrogen and oxygen atoms in total. The third-order valence-corrected chi connectivity index (χ3v) is 5.38. The zero-order chi connectivity index (χ0) is 16.1. The van der Waals surface area contributed by atoms with E-state index in [9.17, 15) is 0 Å². The smallest absolute Gasteiger partial charge is 0.0991 e. The van der Waals surface area contributed by atoms with Crippen LogP contribution in [-0.4, -0.2) is 31.3 Å². The van der Waals surface area contributed by atoms with Gasteiger partial charge in [-0.25, -0.2) is 0 Å². The summed E-state index contributed by atoms with van der Waals surface area (Å²) in [7, 11) is 0. The predicted octanol–water partition coefficient (Wildman–Crippen LogP) is 6.00. The molecule has 132 valence electrons. The zero-order valence-electron chi connectivity index (χ0n) is 15.7. The Morgan fingerprint density at radius 1 is 0.818 bits per heavy atom. The molecule has 1 heterocycles. The van der Waals surface area contributed by atoms with Gasteiger partial charge in [-0.1, -0.05) is 78.6 Å². The lowest BCUT2D eigenvalue weighted by Crippen LogP contribution is -2.27. The van der Waals surface area contributed by atoms with E-state index in [0.717, 1.165) is 19.9 Å². The molecular formula is C20H41NO. The van der Waals surface area contributed by atoms with Crippen molar-refractivity contribution in [2.24, 2.45) is 5.41 Å². The Morgan fingerprint density at radius 2 is 1.41 bits per heavy atom. The maximum atomic E-state index is 5.49. The minimum Gasteiger partial charge on any atom is -0.365 e. The van der Waals surface area contributed by atoms with Crippen molar-refractivity contribution in [2.75, 3.05) is 26.4 Å². The van der Waals surface area contributed by atoms with Crippen molar-refractivity contribution in [3.8, 4) is 0 Å². The van der Waals surface area contributed by atoms with Gasteiger partial charge in [0.05, 0.1) is 13.3 Å². The lowest BCUT2D eigenvalue weighted by molar-refractivity contribution is 0.123. The number of nitrogens with zero attached hydrogens (tertiary/aromatic N) is 1. The quantitative estimate of drug-likeness (QED) is 0.365. The fraction of sp³-hybridized carbons (Fsp3) is 1.00. The molecule has 1 rings (SSSR count). The van der Waals surface area contributed by atoms with E-state index in [1.54, 1.807) is 0 Å². The largest absolute Gasteiger partial charge is 0.365 e. The highest BCUT2D eigenvalue weighted by Crippen LogP contribution is 2.35. The standard InChI is InChI=1S/C20H41NO/c1-4-6-8-10-12-14-20(3,13-11-9-7-5-2)15-16-21-17-18-22-19-21/h4-19H2,1-3H3. The Hall–Kier alpha value is -0.0800. The van der Waals surface area contributed by atoms with Gasteiger partial charge in [-0.2, -0.15) is 0 Å². The van der Waals surface area contributed by atoms with Gasteiger partial charge in [0.25, 0.3) is 0 Å². The normalized spacial score (nSPS) is 18.7. The van der Waals surface area contributed by atoms with Crippen LogP contribution < -0.4 is 0 Å². The summed E-state index contributed by atoms with van der Waals surface area (Å²) in [6.07, 6.45) is 16.9. The van der Waals surface area contributed by atoms with Gasteiger partial charge >= 0.3 is 0 Å². The van der Waals surface area contributed by atoms with Gasteiger partial charge in [0.2, 0.25) is 0 Å². The van der Waals surface area contributed by atoms with E-state index in [2.05, 4.69) is 25.7 Å². The Kier molecular flexibility index (Phi) is 11.2. The van der Waals surface area contributed by atoms with Gasteiger partial charge in [-0.15, -0.1) is 0 Å². The van der Waals surface area contributed by atoms with Gasteiger partial charge in [0, 0.05) is 13.1 Å². The highest BCUT2D eigenvalue weighted by Gasteiger charge is 2.25.